The van der Waals surface area contributed by atoms with Crippen molar-refractivity contribution in [2.24, 2.45) is 28.6 Å². The number of carboxylic acids is 3. The van der Waals surface area contributed by atoms with Gasteiger partial charge in [-0.3, -0.25) is 28.8 Å². The molecule has 542 valence electrons. The number of hydrogen-bond acceptors (Lipinski definition) is 13. The number of aromatic nitrogens is 3. The molecule has 2 aliphatic carbocycles. The fraction of sp³-hybridized carbons (Fsp3) is 0.851. The molecule has 7 N–H and O–H groups in total. The largest absolute Gasteiger partial charge is 0.513 e. The van der Waals surface area contributed by atoms with Crippen molar-refractivity contribution in [3.8, 4) is 0 Å². The summed E-state index contributed by atoms with van der Waals surface area (Å²) in [6.45, 7) is 12.6. The van der Waals surface area contributed by atoms with E-state index >= 15 is 0 Å². The molecule has 1 aromatic rings. The Balaban J connectivity index is 0.000000672. The third kappa shape index (κ3) is 37.4. The third-order valence-corrected chi connectivity index (χ3v) is 19.6. The third-order valence-electron chi connectivity index (χ3n) is 19.6. The maximum atomic E-state index is 13.6. The summed E-state index contributed by atoms with van der Waals surface area (Å²) in [5, 5.41) is 55.8. The Morgan fingerprint density at radius 2 is 0.904 bits per heavy atom. The molecule has 1 fully saturated rings. The Bertz CT molecular complexity index is 2230. The molecule has 0 saturated heterocycles. The Hall–Kier alpha value is -5.11. The van der Waals surface area contributed by atoms with Crippen molar-refractivity contribution >= 4 is 41.6 Å². The van der Waals surface area contributed by atoms with Crippen molar-refractivity contribution < 1.29 is 68.2 Å². The van der Waals surface area contributed by atoms with Crippen LogP contribution in [0.25, 0.3) is 0 Å². The zero-order chi connectivity index (χ0) is 68.9. The molecule has 20 heteroatoms. The zero-order valence-electron chi connectivity index (χ0n) is 59.3. The van der Waals surface area contributed by atoms with Gasteiger partial charge in [-0.25, -0.2) is 9.48 Å². The first-order valence-electron chi connectivity index (χ1n) is 37.6. The summed E-state index contributed by atoms with van der Waals surface area (Å²) in [6, 6.07) is 0. The van der Waals surface area contributed by atoms with Crippen LogP contribution in [0.1, 0.15) is 315 Å². The number of alkyl carbamates (subject to hydrolysis) is 1. The molecule has 0 aliphatic heterocycles. The van der Waals surface area contributed by atoms with Crippen LogP contribution in [0, 0.1) is 28.6 Å². The molecule has 0 spiro atoms. The van der Waals surface area contributed by atoms with E-state index in [0.29, 0.717) is 115 Å². The number of allylic oxidation sites excluding steroid dienone is 1. The predicted molar refractivity (Wildman–Crippen MR) is 371 cm³/mol. The van der Waals surface area contributed by atoms with Crippen LogP contribution >= 0.6 is 0 Å². The predicted octanol–water partition coefficient (Wildman–Crippen LogP) is 15.9. The van der Waals surface area contributed by atoms with Crippen molar-refractivity contribution in [1.82, 2.24) is 30.9 Å². The van der Waals surface area contributed by atoms with Crippen molar-refractivity contribution in [2.45, 2.75) is 323 Å². The van der Waals surface area contributed by atoms with Gasteiger partial charge in [0, 0.05) is 45.8 Å². The van der Waals surface area contributed by atoms with E-state index in [4.69, 9.17) is 19.3 Å². The SMILES string of the molecule is C=C(O)CCCCCCCCCCC(CCCCCCCCCCC)(C(=O)O)C(=O)NCCOCCn1nnc2c1CC[C@H]1[C@@H](CC2)[C@H]1COC(=O)NC.CCCCCCCCCCCC(CCCCCCCCCCC(=O)O)(C(=O)O)C(=O)NCCOCCC(=O)CC. The summed E-state index contributed by atoms with van der Waals surface area (Å²) >= 11 is 0. The molecule has 2 aliphatic rings. The van der Waals surface area contributed by atoms with Gasteiger partial charge < -0.3 is 50.6 Å². The highest BCUT2D eigenvalue weighted by Crippen LogP contribution is 2.53. The Morgan fingerprint density at radius 3 is 1.30 bits per heavy atom. The molecule has 20 nitrogen and oxygen atoms in total. The number of nitrogens with one attached hydrogen (secondary N) is 3. The number of hydrogen-bond donors (Lipinski definition) is 7. The number of amides is 3. The quantitative estimate of drug-likeness (QED) is 0.0181. The molecule has 5 atom stereocenters. The van der Waals surface area contributed by atoms with E-state index in [1.54, 1.807) is 7.05 Å². The second-order valence-corrected chi connectivity index (χ2v) is 27.1. The molecule has 3 amide bonds. The Morgan fingerprint density at radius 1 is 0.511 bits per heavy atom. The molecular weight excluding hydrogens is 1200 g/mol. The number of ketones is 1. The van der Waals surface area contributed by atoms with Crippen LogP contribution in [0.15, 0.2) is 12.3 Å². The van der Waals surface area contributed by atoms with Crippen LogP contribution in [-0.4, -0.2) is 130 Å². The number of aryl methyl sites for hydroxylation is 1. The minimum atomic E-state index is -1.42. The van der Waals surface area contributed by atoms with Crippen LogP contribution in [0.2, 0.25) is 0 Å². The van der Waals surface area contributed by atoms with Crippen molar-refractivity contribution in [2.75, 3.05) is 53.2 Å². The second-order valence-electron chi connectivity index (χ2n) is 27.1. The summed E-state index contributed by atoms with van der Waals surface area (Å²) in [6.07, 6.45) is 42.2. The molecule has 0 radical (unpaired) electrons. The minimum absolute atomic E-state index is 0.132. The fourth-order valence-corrected chi connectivity index (χ4v) is 13.4. The summed E-state index contributed by atoms with van der Waals surface area (Å²) in [5.41, 5.74) is -0.651. The number of aliphatic hydroxyl groups excluding tert-OH is 1. The van der Waals surface area contributed by atoms with Gasteiger partial charge in [-0.1, -0.05) is 238 Å². The maximum absolute atomic E-state index is 13.6. The van der Waals surface area contributed by atoms with Gasteiger partial charge in [0.25, 0.3) is 0 Å². The maximum Gasteiger partial charge on any atom is 0.406 e. The number of aliphatic hydroxyl groups is 1. The van der Waals surface area contributed by atoms with Crippen molar-refractivity contribution in [1.29, 1.82) is 0 Å². The lowest BCUT2D eigenvalue weighted by Gasteiger charge is -2.28. The van der Waals surface area contributed by atoms with Gasteiger partial charge in [0.2, 0.25) is 11.8 Å². The number of carbonyl (C=O) groups excluding carboxylic acids is 4. The smallest absolute Gasteiger partial charge is 0.406 e. The number of rotatable bonds is 61. The first-order valence-corrected chi connectivity index (χ1v) is 37.6. The number of Topliss-reactive ketones (excluding diaryl/α,β-unsaturated/α-hetero) is 1. The Kier molecular flexibility index (Phi) is 48.8. The lowest BCUT2D eigenvalue weighted by Crippen LogP contribution is -2.47. The van der Waals surface area contributed by atoms with E-state index in [2.05, 4.69) is 46.7 Å². The van der Waals surface area contributed by atoms with Crippen LogP contribution in [-0.2, 0) is 62.4 Å². The first kappa shape index (κ1) is 85.0. The van der Waals surface area contributed by atoms with Gasteiger partial charge in [0.05, 0.1) is 56.7 Å². The fourth-order valence-electron chi connectivity index (χ4n) is 13.4. The van der Waals surface area contributed by atoms with Gasteiger partial charge in [0.15, 0.2) is 0 Å². The summed E-state index contributed by atoms with van der Waals surface area (Å²) in [4.78, 5) is 85.7. The summed E-state index contributed by atoms with van der Waals surface area (Å²) in [5.74, 6) is -1.69. The number of nitrogens with zero attached hydrogens (tertiary/aromatic N) is 3. The van der Waals surface area contributed by atoms with Crippen LogP contribution in [0.3, 0.4) is 0 Å². The van der Waals surface area contributed by atoms with Gasteiger partial charge in [0.1, 0.15) is 16.6 Å². The minimum Gasteiger partial charge on any atom is -0.513 e. The van der Waals surface area contributed by atoms with E-state index in [1.165, 1.54) is 64.2 Å². The number of unbranched alkanes of at least 4 members (excludes halogenated alkanes) is 30. The topological polar surface area (TPSA) is 295 Å². The number of carboxylic acid groups (broad SMARTS) is 3. The monoisotopic (exact) mass is 1330 g/mol. The summed E-state index contributed by atoms with van der Waals surface area (Å²) < 4.78 is 18.6. The molecular formula is C74H132N6O14. The van der Waals surface area contributed by atoms with Crippen molar-refractivity contribution in [3.63, 3.8) is 0 Å². The lowest BCUT2D eigenvalue weighted by atomic mass is 9.76. The van der Waals surface area contributed by atoms with E-state index in [9.17, 15) is 48.9 Å². The van der Waals surface area contributed by atoms with E-state index in [0.717, 1.165) is 172 Å². The van der Waals surface area contributed by atoms with E-state index < -0.39 is 40.6 Å². The first-order chi connectivity index (χ1) is 45.5. The number of fused-ring (bicyclic) bond motifs is 2. The highest BCUT2D eigenvalue weighted by Gasteiger charge is 2.51. The molecule has 0 bridgehead atoms. The van der Waals surface area contributed by atoms with Gasteiger partial charge in [-0.15, -0.1) is 5.10 Å². The number of aliphatic carboxylic acids is 3. The molecule has 3 rings (SSSR count). The average molecular weight is 1330 g/mol. The highest BCUT2D eigenvalue weighted by atomic mass is 16.5. The van der Waals surface area contributed by atoms with Crippen molar-refractivity contribution in [3.05, 3.63) is 23.7 Å². The molecule has 2 unspecified atom stereocenters. The van der Waals surface area contributed by atoms with E-state index in [-0.39, 0.29) is 43.8 Å². The van der Waals surface area contributed by atoms with Gasteiger partial charge in [-0.2, -0.15) is 0 Å². The highest BCUT2D eigenvalue weighted by molar-refractivity contribution is 6.02. The normalized spacial score (nSPS) is 16.1. The van der Waals surface area contributed by atoms with Gasteiger partial charge >= 0.3 is 24.0 Å². The molecule has 1 aromatic heterocycles. The number of ether oxygens (including phenoxy) is 3. The van der Waals surface area contributed by atoms with Crippen LogP contribution < -0.4 is 16.0 Å². The second kappa shape index (κ2) is 54.0. The van der Waals surface area contributed by atoms with Gasteiger partial charge in [-0.05, 0) is 82.0 Å². The summed E-state index contributed by atoms with van der Waals surface area (Å²) in [7, 11) is 1.57. The molecule has 0 aromatic carbocycles. The molecule has 1 heterocycles. The van der Waals surface area contributed by atoms with E-state index in [1.807, 2.05) is 11.6 Å². The average Bonchev–Trinajstić information content (AvgIpc) is 1.60. The Labute approximate surface area is 566 Å². The number of carbonyl (C=O) groups is 7. The molecule has 1 saturated carbocycles. The van der Waals surface area contributed by atoms with Crippen LogP contribution in [0.5, 0.6) is 0 Å². The van der Waals surface area contributed by atoms with Crippen LogP contribution in [0.4, 0.5) is 4.79 Å². The lowest BCUT2D eigenvalue weighted by molar-refractivity contribution is -0.159. The standard InChI is InChI=1S/C42H73N5O7.C32H59NO7/c1-4-5-6-7-8-10-13-16-19-26-42(40(50)51,27-20-17-14-11-9-12-15-18-21-33(2)48)39(49)44-28-30-53-31-29-47-38-25-23-35-34(22-24-37(38)45-46-47)36(35)32-54-41(52)43-3;1-3-5-6-7-8-10-13-16-19-23-32(31(38)39,30(37)33-25-27-40-26-22-28(34)4-2)24-20-17-14-11-9-12-15-18-21-29(35)36/h34-36,48H,2,4-32H2,1,3H3,(H,43,52)(H,44,49)(H,50,51);3-27H2,1-2H3,(H,33,37)(H,35,36)(H,38,39)/t34-,35+,36-,42?;/m1./s1. The zero-order valence-corrected chi connectivity index (χ0v) is 59.3. The molecule has 94 heavy (non-hydrogen) atoms.